The summed E-state index contributed by atoms with van der Waals surface area (Å²) in [4.78, 5) is 13.3. The highest BCUT2D eigenvalue weighted by Gasteiger charge is 2.30. The van der Waals surface area contributed by atoms with Crippen molar-refractivity contribution in [3.63, 3.8) is 0 Å². The molecule has 128 valence electrons. The average Bonchev–Trinajstić information content (AvgIpc) is 2.95. The van der Waals surface area contributed by atoms with Crippen LogP contribution in [0.5, 0.6) is 0 Å². The van der Waals surface area contributed by atoms with Crippen molar-refractivity contribution in [2.75, 3.05) is 26.0 Å². The third-order valence-corrected chi connectivity index (χ3v) is 5.53. The van der Waals surface area contributed by atoms with E-state index in [1.165, 1.54) is 12.0 Å². The van der Waals surface area contributed by atoms with Gasteiger partial charge in [0, 0.05) is 16.3 Å². The first-order chi connectivity index (χ1) is 11.6. The summed E-state index contributed by atoms with van der Waals surface area (Å²) in [5.41, 5.74) is 0.820. The van der Waals surface area contributed by atoms with Gasteiger partial charge in [0.1, 0.15) is 6.54 Å². The smallest absolute Gasteiger partial charge is 0.324 e. The van der Waals surface area contributed by atoms with Gasteiger partial charge in [-0.2, -0.15) is 4.68 Å². The van der Waals surface area contributed by atoms with Crippen molar-refractivity contribution in [2.24, 2.45) is 0 Å². The van der Waals surface area contributed by atoms with E-state index in [-0.39, 0.29) is 11.2 Å². The number of benzene rings is 1. The molecule has 0 amide bonds. The highest BCUT2D eigenvalue weighted by atomic mass is 35.5. The van der Waals surface area contributed by atoms with Crippen LogP contribution < -0.4 is 4.90 Å². The number of hydrogen-bond acceptors (Lipinski definition) is 6. The molecule has 3 rings (SSSR count). The minimum Gasteiger partial charge on any atom is -0.468 e. The SMILES string of the molecule is COC(=O)[C@H]1C[NH+](Cn2nc(-c3ccc(Cl)cc3)oc2=S)CCS1. The molecule has 1 saturated heterocycles. The summed E-state index contributed by atoms with van der Waals surface area (Å²) in [5, 5.41) is 4.96. The third-order valence-electron chi connectivity index (χ3n) is 3.78. The van der Waals surface area contributed by atoms with Crippen LogP contribution in [0.25, 0.3) is 11.5 Å². The van der Waals surface area contributed by atoms with E-state index in [4.69, 9.17) is 33.0 Å². The van der Waals surface area contributed by atoms with Crippen LogP contribution in [0, 0.1) is 4.84 Å². The van der Waals surface area contributed by atoms with Crippen molar-refractivity contribution in [1.82, 2.24) is 9.78 Å². The van der Waals surface area contributed by atoms with Gasteiger partial charge in [-0.3, -0.25) is 4.79 Å². The van der Waals surface area contributed by atoms with Gasteiger partial charge in [0.25, 0.3) is 4.84 Å². The average molecular weight is 387 g/mol. The topological polar surface area (TPSA) is 61.7 Å². The predicted molar refractivity (Wildman–Crippen MR) is 94.7 cm³/mol. The Kier molecular flexibility index (Phi) is 5.60. The fourth-order valence-electron chi connectivity index (χ4n) is 2.52. The molecule has 6 nitrogen and oxygen atoms in total. The van der Waals surface area contributed by atoms with Crippen LogP contribution in [0.3, 0.4) is 0 Å². The predicted octanol–water partition coefficient (Wildman–Crippen LogP) is 1.66. The molecular formula is C15H17ClN3O3S2+. The van der Waals surface area contributed by atoms with Crippen molar-refractivity contribution in [3.05, 3.63) is 34.1 Å². The Morgan fingerprint density at radius 3 is 3.00 bits per heavy atom. The molecule has 0 saturated carbocycles. The normalized spacial score (nSPS) is 20.8. The number of halogens is 1. The number of quaternary nitrogens is 1. The fourth-order valence-corrected chi connectivity index (χ4v) is 4.11. The molecule has 2 aromatic rings. The molecule has 1 N–H and O–H groups in total. The van der Waals surface area contributed by atoms with E-state index in [0.29, 0.717) is 29.0 Å². The first kappa shape index (κ1) is 17.5. The molecule has 2 heterocycles. The number of ether oxygens (including phenoxy) is 1. The molecule has 0 bridgehead atoms. The maximum absolute atomic E-state index is 11.7. The standard InChI is InChI=1S/C15H16ClN3O3S2/c1-21-14(20)12-8-18(6-7-24-12)9-19-15(23)22-13(17-19)10-2-4-11(16)5-3-10/h2-5,12H,6-9H2,1H3/p+1/t12-/m1/s1. The summed E-state index contributed by atoms with van der Waals surface area (Å²) in [6.07, 6.45) is 0. The Hall–Kier alpha value is -1.35. The first-order valence-electron chi connectivity index (χ1n) is 7.43. The Labute approximate surface area is 153 Å². The van der Waals surface area contributed by atoms with Crippen molar-refractivity contribution >= 4 is 41.6 Å². The lowest BCUT2D eigenvalue weighted by molar-refractivity contribution is -0.921. The summed E-state index contributed by atoms with van der Waals surface area (Å²) in [6.45, 7) is 2.18. The number of carbonyl (C=O) groups excluding carboxylic acids is 1. The second kappa shape index (κ2) is 7.69. The monoisotopic (exact) mass is 386 g/mol. The zero-order valence-corrected chi connectivity index (χ0v) is 15.4. The molecule has 1 aliphatic heterocycles. The number of rotatable bonds is 4. The molecule has 9 heteroatoms. The zero-order valence-electron chi connectivity index (χ0n) is 13.0. The molecule has 1 fully saturated rings. The Morgan fingerprint density at radius 1 is 1.54 bits per heavy atom. The van der Waals surface area contributed by atoms with E-state index < -0.39 is 0 Å². The minimum atomic E-state index is -0.178. The molecule has 0 aliphatic carbocycles. The largest absolute Gasteiger partial charge is 0.468 e. The van der Waals surface area contributed by atoms with Crippen LogP contribution in [0.1, 0.15) is 0 Å². The minimum absolute atomic E-state index is 0.143. The van der Waals surface area contributed by atoms with E-state index in [2.05, 4.69) is 5.10 Å². The van der Waals surface area contributed by atoms with Gasteiger partial charge in [-0.25, -0.2) is 0 Å². The van der Waals surface area contributed by atoms with Gasteiger partial charge in [0.15, 0.2) is 11.9 Å². The summed E-state index contributed by atoms with van der Waals surface area (Å²) >= 11 is 12.8. The van der Waals surface area contributed by atoms with Crippen LogP contribution in [0.2, 0.25) is 5.02 Å². The summed E-state index contributed by atoms with van der Waals surface area (Å²) in [5.74, 6) is 1.18. The van der Waals surface area contributed by atoms with Crippen molar-refractivity contribution in [2.45, 2.75) is 11.9 Å². The number of aromatic nitrogens is 2. The maximum Gasteiger partial charge on any atom is 0.324 e. The quantitative estimate of drug-likeness (QED) is 0.637. The molecule has 0 spiro atoms. The first-order valence-corrected chi connectivity index (χ1v) is 9.27. The molecule has 1 aliphatic rings. The second-order valence-corrected chi connectivity index (χ2v) is 7.52. The number of nitrogens with one attached hydrogen (secondary N) is 1. The van der Waals surface area contributed by atoms with Crippen LogP contribution in [-0.4, -0.2) is 47.0 Å². The Morgan fingerprint density at radius 2 is 2.29 bits per heavy atom. The summed E-state index contributed by atoms with van der Waals surface area (Å²) in [7, 11) is 1.42. The lowest BCUT2D eigenvalue weighted by Gasteiger charge is -2.27. The van der Waals surface area contributed by atoms with Gasteiger partial charge in [0.2, 0.25) is 5.89 Å². The fraction of sp³-hybridized carbons (Fsp3) is 0.400. The van der Waals surface area contributed by atoms with Crippen LogP contribution in [0.4, 0.5) is 0 Å². The number of carbonyl (C=O) groups is 1. The third kappa shape index (κ3) is 4.00. The second-order valence-electron chi connectivity index (χ2n) is 5.42. The molecule has 2 atom stereocenters. The van der Waals surface area contributed by atoms with E-state index in [9.17, 15) is 4.79 Å². The van der Waals surface area contributed by atoms with Gasteiger partial charge in [-0.1, -0.05) is 11.6 Å². The number of esters is 1. The molecule has 0 radical (unpaired) electrons. The van der Waals surface area contributed by atoms with Crippen LogP contribution >= 0.6 is 35.6 Å². The van der Waals surface area contributed by atoms with Gasteiger partial charge in [-0.05, 0) is 36.5 Å². The number of thioether (sulfide) groups is 1. The van der Waals surface area contributed by atoms with E-state index in [1.807, 2.05) is 12.1 Å². The highest BCUT2D eigenvalue weighted by molar-refractivity contribution is 8.00. The van der Waals surface area contributed by atoms with Gasteiger partial charge >= 0.3 is 5.97 Å². The Bertz CT molecular complexity index is 775. The van der Waals surface area contributed by atoms with Gasteiger partial charge < -0.3 is 14.1 Å². The van der Waals surface area contributed by atoms with E-state index in [0.717, 1.165) is 17.9 Å². The number of hydrogen-bond donors (Lipinski definition) is 1. The van der Waals surface area contributed by atoms with Crippen molar-refractivity contribution < 1.29 is 18.8 Å². The lowest BCUT2D eigenvalue weighted by Crippen LogP contribution is -3.14. The van der Waals surface area contributed by atoms with Gasteiger partial charge in [0.05, 0.1) is 13.7 Å². The molecule has 1 aromatic heterocycles. The van der Waals surface area contributed by atoms with Crippen molar-refractivity contribution in [3.8, 4) is 11.5 Å². The van der Waals surface area contributed by atoms with Crippen molar-refractivity contribution in [1.29, 1.82) is 0 Å². The van der Waals surface area contributed by atoms with E-state index >= 15 is 0 Å². The van der Waals surface area contributed by atoms with Crippen LogP contribution in [0.15, 0.2) is 28.7 Å². The van der Waals surface area contributed by atoms with Gasteiger partial charge in [-0.15, -0.1) is 16.9 Å². The maximum atomic E-state index is 11.7. The molecule has 1 unspecified atom stereocenters. The Balaban J connectivity index is 1.73. The molecular weight excluding hydrogens is 370 g/mol. The highest BCUT2D eigenvalue weighted by Crippen LogP contribution is 2.20. The van der Waals surface area contributed by atoms with E-state index in [1.54, 1.807) is 28.6 Å². The molecule has 24 heavy (non-hydrogen) atoms. The number of methoxy groups -OCH3 is 1. The lowest BCUT2D eigenvalue weighted by atomic mass is 10.2. The molecule has 1 aromatic carbocycles. The summed E-state index contributed by atoms with van der Waals surface area (Å²) in [6, 6.07) is 7.24. The van der Waals surface area contributed by atoms with Crippen LogP contribution in [-0.2, 0) is 16.2 Å². The zero-order chi connectivity index (χ0) is 17.1. The summed E-state index contributed by atoms with van der Waals surface area (Å²) < 4.78 is 12.1. The number of nitrogens with zero attached hydrogens (tertiary/aromatic N) is 2.